The Bertz CT molecular complexity index is 362. The van der Waals surface area contributed by atoms with Gasteiger partial charge in [-0.05, 0) is 12.1 Å². The molecule has 74 valence electrons. The number of hydrogen-bond donors (Lipinski definition) is 1. The van der Waals surface area contributed by atoms with Crippen molar-refractivity contribution in [3.05, 3.63) is 29.6 Å². The van der Waals surface area contributed by atoms with Crippen LogP contribution >= 0.6 is 0 Å². The summed E-state index contributed by atoms with van der Waals surface area (Å²) in [7, 11) is 1.26. The van der Waals surface area contributed by atoms with Gasteiger partial charge in [0, 0.05) is 6.20 Å². The summed E-state index contributed by atoms with van der Waals surface area (Å²) in [4.78, 5) is 25.2. The van der Waals surface area contributed by atoms with Gasteiger partial charge < -0.3 is 9.84 Å². The Labute approximate surface area is 80.3 Å². The summed E-state index contributed by atoms with van der Waals surface area (Å²) in [5.41, 5.74) is 0.638. The van der Waals surface area contributed by atoms with E-state index in [1.165, 1.54) is 25.4 Å². The number of esters is 1. The zero-order valence-electron chi connectivity index (χ0n) is 7.56. The van der Waals surface area contributed by atoms with E-state index in [2.05, 4.69) is 9.72 Å². The van der Waals surface area contributed by atoms with Crippen molar-refractivity contribution >= 4 is 11.9 Å². The molecule has 1 aromatic heterocycles. The molecule has 1 aromatic rings. The Kier molecular flexibility index (Phi) is 3.17. The molecule has 0 aromatic carbocycles. The van der Waals surface area contributed by atoms with Crippen LogP contribution in [0.25, 0.3) is 0 Å². The Hall–Kier alpha value is -1.91. The number of hydrogen-bond acceptors (Lipinski definition) is 4. The second kappa shape index (κ2) is 4.36. The third-order valence-corrected chi connectivity index (χ3v) is 1.57. The number of carbonyl (C=O) groups is 2. The van der Waals surface area contributed by atoms with E-state index in [-0.39, 0.29) is 6.42 Å². The highest BCUT2D eigenvalue weighted by Crippen LogP contribution is 2.04. The second-order valence-corrected chi connectivity index (χ2v) is 2.60. The Morgan fingerprint density at radius 2 is 2.29 bits per heavy atom. The topological polar surface area (TPSA) is 76.5 Å². The molecule has 14 heavy (non-hydrogen) atoms. The van der Waals surface area contributed by atoms with Crippen LogP contribution in [0.3, 0.4) is 0 Å². The van der Waals surface area contributed by atoms with E-state index >= 15 is 0 Å². The highest BCUT2D eigenvalue weighted by atomic mass is 16.5. The molecule has 0 saturated carbocycles. The van der Waals surface area contributed by atoms with Gasteiger partial charge in [-0.15, -0.1) is 0 Å². The third kappa shape index (κ3) is 2.55. The number of rotatable bonds is 3. The summed E-state index contributed by atoms with van der Waals surface area (Å²) in [5.74, 6) is -1.49. The molecule has 0 aliphatic heterocycles. The molecule has 0 saturated heterocycles. The van der Waals surface area contributed by atoms with Gasteiger partial charge >= 0.3 is 11.9 Å². The molecule has 5 heteroatoms. The first-order chi connectivity index (χ1) is 6.63. The maximum atomic E-state index is 11.1. The van der Waals surface area contributed by atoms with Crippen LogP contribution in [0.1, 0.15) is 16.1 Å². The first-order valence-corrected chi connectivity index (χ1v) is 3.88. The number of ether oxygens (including phenoxy) is 1. The van der Waals surface area contributed by atoms with E-state index < -0.39 is 11.9 Å². The SMILES string of the molecule is COC(=O)c1ccnc(CC(=O)O)c1. The van der Waals surface area contributed by atoms with E-state index in [1.54, 1.807) is 0 Å². The zero-order chi connectivity index (χ0) is 10.6. The largest absolute Gasteiger partial charge is 0.481 e. The predicted molar refractivity (Wildman–Crippen MR) is 46.9 cm³/mol. The van der Waals surface area contributed by atoms with Gasteiger partial charge in [0.25, 0.3) is 0 Å². The molecular formula is C9H9NO4. The Balaban J connectivity index is 2.89. The minimum Gasteiger partial charge on any atom is -0.481 e. The number of carboxylic acid groups (broad SMARTS) is 1. The minimum atomic E-state index is -0.987. The van der Waals surface area contributed by atoms with Crippen molar-refractivity contribution in [2.45, 2.75) is 6.42 Å². The van der Waals surface area contributed by atoms with Crippen LogP contribution in [0, 0.1) is 0 Å². The van der Waals surface area contributed by atoms with Gasteiger partial charge in [-0.1, -0.05) is 0 Å². The maximum Gasteiger partial charge on any atom is 0.337 e. The Morgan fingerprint density at radius 1 is 1.57 bits per heavy atom. The zero-order valence-corrected chi connectivity index (χ0v) is 7.56. The van der Waals surface area contributed by atoms with E-state index in [0.717, 1.165) is 0 Å². The monoisotopic (exact) mass is 195 g/mol. The van der Waals surface area contributed by atoms with Gasteiger partial charge in [0.05, 0.1) is 24.8 Å². The fourth-order valence-electron chi connectivity index (χ4n) is 0.975. The van der Waals surface area contributed by atoms with Crippen LogP contribution < -0.4 is 0 Å². The molecule has 0 bridgehead atoms. The number of methoxy groups -OCH3 is 1. The van der Waals surface area contributed by atoms with Crippen molar-refractivity contribution in [2.75, 3.05) is 7.11 Å². The average molecular weight is 195 g/mol. The van der Waals surface area contributed by atoms with Crippen LogP contribution in [-0.4, -0.2) is 29.1 Å². The second-order valence-electron chi connectivity index (χ2n) is 2.60. The van der Waals surface area contributed by atoms with E-state index in [1.807, 2.05) is 0 Å². The predicted octanol–water partition coefficient (Wildman–Crippen LogP) is 0.495. The normalized spacial score (nSPS) is 9.50. The standard InChI is InChI=1S/C9H9NO4/c1-14-9(13)6-2-3-10-7(4-6)5-8(11)12/h2-4H,5H2,1H3,(H,11,12). The van der Waals surface area contributed by atoms with Crippen LogP contribution in [0.5, 0.6) is 0 Å². The molecule has 0 spiro atoms. The Morgan fingerprint density at radius 3 is 2.86 bits per heavy atom. The van der Waals surface area contributed by atoms with Crippen LogP contribution in [0.15, 0.2) is 18.3 Å². The van der Waals surface area contributed by atoms with Crippen molar-refractivity contribution in [2.24, 2.45) is 0 Å². The van der Waals surface area contributed by atoms with Crippen molar-refractivity contribution in [3.63, 3.8) is 0 Å². The quantitative estimate of drug-likeness (QED) is 0.710. The number of pyridine rings is 1. The first kappa shape index (κ1) is 10.2. The summed E-state index contributed by atoms with van der Waals surface area (Å²) >= 11 is 0. The number of carboxylic acids is 1. The summed E-state index contributed by atoms with van der Waals surface area (Å²) < 4.78 is 4.48. The van der Waals surface area contributed by atoms with Gasteiger partial charge in [0.2, 0.25) is 0 Å². The first-order valence-electron chi connectivity index (χ1n) is 3.88. The lowest BCUT2D eigenvalue weighted by molar-refractivity contribution is -0.136. The smallest absolute Gasteiger partial charge is 0.337 e. The van der Waals surface area contributed by atoms with Gasteiger partial charge in [-0.2, -0.15) is 0 Å². The molecule has 0 unspecified atom stereocenters. The molecule has 5 nitrogen and oxygen atoms in total. The highest BCUT2D eigenvalue weighted by Gasteiger charge is 2.08. The minimum absolute atomic E-state index is 0.204. The number of aromatic nitrogens is 1. The fraction of sp³-hybridized carbons (Fsp3) is 0.222. The molecule has 0 radical (unpaired) electrons. The fourth-order valence-corrected chi connectivity index (χ4v) is 0.975. The molecular weight excluding hydrogens is 186 g/mol. The van der Waals surface area contributed by atoms with Gasteiger partial charge in [0.15, 0.2) is 0 Å². The molecule has 1 heterocycles. The summed E-state index contributed by atoms with van der Waals surface area (Å²) in [5, 5.41) is 8.50. The van der Waals surface area contributed by atoms with Gasteiger partial charge in [0.1, 0.15) is 0 Å². The highest BCUT2D eigenvalue weighted by molar-refractivity contribution is 5.89. The number of aliphatic carboxylic acids is 1. The number of carbonyl (C=O) groups excluding carboxylic acids is 1. The molecule has 0 amide bonds. The lowest BCUT2D eigenvalue weighted by Crippen LogP contribution is -2.06. The van der Waals surface area contributed by atoms with E-state index in [4.69, 9.17) is 5.11 Å². The molecule has 1 N–H and O–H groups in total. The molecule has 1 rings (SSSR count). The molecule has 0 aliphatic carbocycles. The third-order valence-electron chi connectivity index (χ3n) is 1.57. The van der Waals surface area contributed by atoms with E-state index in [0.29, 0.717) is 11.3 Å². The van der Waals surface area contributed by atoms with Crippen molar-refractivity contribution < 1.29 is 19.4 Å². The van der Waals surface area contributed by atoms with Crippen molar-refractivity contribution in [1.82, 2.24) is 4.98 Å². The van der Waals surface area contributed by atoms with Crippen molar-refractivity contribution in [1.29, 1.82) is 0 Å². The average Bonchev–Trinajstić information content (AvgIpc) is 2.16. The summed E-state index contributed by atoms with van der Waals surface area (Å²) in [6.07, 6.45) is 1.18. The lowest BCUT2D eigenvalue weighted by Gasteiger charge is -2.00. The molecule has 0 atom stereocenters. The summed E-state index contributed by atoms with van der Waals surface area (Å²) in [6.45, 7) is 0. The van der Waals surface area contributed by atoms with E-state index in [9.17, 15) is 9.59 Å². The van der Waals surface area contributed by atoms with Crippen LogP contribution in [-0.2, 0) is 16.0 Å². The van der Waals surface area contributed by atoms with Crippen LogP contribution in [0.4, 0.5) is 0 Å². The van der Waals surface area contributed by atoms with Crippen LogP contribution in [0.2, 0.25) is 0 Å². The number of nitrogens with zero attached hydrogens (tertiary/aromatic N) is 1. The van der Waals surface area contributed by atoms with Gasteiger partial charge in [-0.25, -0.2) is 4.79 Å². The van der Waals surface area contributed by atoms with Gasteiger partial charge in [-0.3, -0.25) is 9.78 Å². The molecule has 0 aliphatic rings. The van der Waals surface area contributed by atoms with Crippen molar-refractivity contribution in [3.8, 4) is 0 Å². The molecule has 0 fully saturated rings. The lowest BCUT2D eigenvalue weighted by atomic mass is 10.2. The summed E-state index contributed by atoms with van der Waals surface area (Å²) in [6, 6.07) is 2.87. The maximum absolute atomic E-state index is 11.1.